The second kappa shape index (κ2) is 5.62. The van der Waals surface area contributed by atoms with E-state index in [4.69, 9.17) is 4.74 Å². The van der Waals surface area contributed by atoms with Crippen molar-refractivity contribution in [3.8, 4) is 5.75 Å². The van der Waals surface area contributed by atoms with Gasteiger partial charge in [-0.05, 0) is 25.0 Å². The van der Waals surface area contributed by atoms with Crippen LogP contribution in [0.2, 0.25) is 0 Å². The van der Waals surface area contributed by atoms with Crippen LogP contribution in [0.1, 0.15) is 12.8 Å². The molecule has 2 rings (SSSR count). The van der Waals surface area contributed by atoms with Gasteiger partial charge < -0.3 is 4.74 Å². The maximum Gasteiger partial charge on any atom is 0.204 e. The van der Waals surface area contributed by atoms with E-state index < -0.39 is 22.5 Å². The van der Waals surface area contributed by atoms with E-state index in [1.165, 1.54) is 10.4 Å². The van der Waals surface area contributed by atoms with Crippen molar-refractivity contribution in [2.45, 2.75) is 18.9 Å². The number of benzene rings is 1. The van der Waals surface area contributed by atoms with Gasteiger partial charge in [0, 0.05) is 12.6 Å². The van der Waals surface area contributed by atoms with Crippen LogP contribution in [0.15, 0.2) is 18.2 Å². The molecule has 0 bridgehead atoms. The number of rotatable bonds is 4. The molecule has 4 nitrogen and oxygen atoms in total. The molecule has 0 N–H and O–H groups in total. The summed E-state index contributed by atoms with van der Waals surface area (Å²) < 4.78 is 54.3. The molecule has 1 aliphatic rings. The lowest BCUT2D eigenvalue weighted by Gasteiger charge is -2.18. The molecule has 1 heterocycles. The highest BCUT2D eigenvalue weighted by molar-refractivity contribution is 7.69. The second-order valence-electron chi connectivity index (χ2n) is 4.08. The van der Waals surface area contributed by atoms with Gasteiger partial charge in [-0.3, -0.25) is 0 Å². The van der Waals surface area contributed by atoms with Crippen molar-refractivity contribution in [1.29, 1.82) is 0 Å². The van der Waals surface area contributed by atoms with Gasteiger partial charge in [0.2, 0.25) is 10.9 Å². The normalized spacial score (nSPS) is 20.5. The lowest BCUT2D eigenvalue weighted by Crippen LogP contribution is -2.33. The van der Waals surface area contributed by atoms with Crippen LogP contribution in [0.3, 0.4) is 0 Å². The first kappa shape index (κ1) is 13.2. The van der Waals surface area contributed by atoms with Gasteiger partial charge in [0.25, 0.3) is 0 Å². The molecule has 0 saturated carbocycles. The fourth-order valence-corrected chi connectivity index (χ4v) is 2.74. The SMILES string of the molecule is O=[SH](=O)N1CCC[C@H]1COc1ccc(F)cc1F. The van der Waals surface area contributed by atoms with Crippen molar-refractivity contribution in [3.63, 3.8) is 0 Å². The van der Waals surface area contributed by atoms with Crippen LogP contribution in [0.5, 0.6) is 5.75 Å². The molecule has 100 valence electrons. The summed E-state index contributed by atoms with van der Waals surface area (Å²) in [5.74, 6) is -1.53. The fraction of sp³-hybridized carbons (Fsp3) is 0.455. The predicted molar refractivity (Wildman–Crippen MR) is 61.9 cm³/mol. The van der Waals surface area contributed by atoms with E-state index in [0.29, 0.717) is 13.0 Å². The number of hydrogen-bond acceptors (Lipinski definition) is 3. The van der Waals surface area contributed by atoms with Crippen LogP contribution in [0, 0.1) is 11.6 Å². The molecule has 1 atom stereocenters. The molecule has 18 heavy (non-hydrogen) atoms. The highest BCUT2D eigenvalue weighted by Gasteiger charge is 2.27. The molecule has 1 fully saturated rings. The van der Waals surface area contributed by atoms with E-state index in [1.807, 2.05) is 0 Å². The number of ether oxygens (including phenoxy) is 1. The predicted octanol–water partition coefficient (Wildman–Crippen LogP) is 1.33. The summed E-state index contributed by atoms with van der Waals surface area (Å²) in [4.78, 5) is 0. The van der Waals surface area contributed by atoms with Gasteiger partial charge in [0.05, 0.1) is 6.04 Å². The first-order valence-corrected chi connectivity index (χ1v) is 6.70. The zero-order valence-corrected chi connectivity index (χ0v) is 10.4. The number of halogens is 2. The lowest BCUT2D eigenvalue weighted by molar-refractivity contribution is 0.227. The third kappa shape index (κ3) is 2.97. The molecule has 0 amide bonds. The third-order valence-corrected chi connectivity index (χ3v) is 3.83. The molecule has 1 aliphatic heterocycles. The van der Waals surface area contributed by atoms with Gasteiger partial charge in [0.1, 0.15) is 12.4 Å². The van der Waals surface area contributed by atoms with Crippen molar-refractivity contribution in [3.05, 3.63) is 29.8 Å². The summed E-state index contributed by atoms with van der Waals surface area (Å²) in [5, 5.41) is 0. The average Bonchev–Trinajstić information content (AvgIpc) is 2.76. The monoisotopic (exact) mass is 277 g/mol. The van der Waals surface area contributed by atoms with Gasteiger partial charge in [-0.15, -0.1) is 0 Å². The first-order valence-electron chi connectivity index (χ1n) is 5.56. The maximum atomic E-state index is 13.3. The van der Waals surface area contributed by atoms with Gasteiger partial charge in [-0.25, -0.2) is 17.2 Å². The minimum atomic E-state index is -2.63. The minimum Gasteiger partial charge on any atom is -0.489 e. The van der Waals surface area contributed by atoms with Crippen LogP contribution < -0.4 is 4.74 Å². The van der Waals surface area contributed by atoms with E-state index >= 15 is 0 Å². The lowest BCUT2D eigenvalue weighted by atomic mass is 10.2. The van der Waals surface area contributed by atoms with Crippen molar-refractivity contribution in [1.82, 2.24) is 4.31 Å². The Labute approximate surface area is 105 Å². The van der Waals surface area contributed by atoms with Crippen LogP contribution in [0.4, 0.5) is 8.78 Å². The summed E-state index contributed by atoms with van der Waals surface area (Å²) in [6.07, 6.45) is 1.45. The smallest absolute Gasteiger partial charge is 0.204 e. The van der Waals surface area contributed by atoms with Gasteiger partial charge in [-0.2, -0.15) is 4.31 Å². The summed E-state index contributed by atoms with van der Waals surface area (Å²) in [7, 11) is -2.63. The zero-order valence-electron chi connectivity index (χ0n) is 9.51. The average molecular weight is 277 g/mol. The Morgan fingerprint density at radius 2 is 2.17 bits per heavy atom. The van der Waals surface area contributed by atoms with Crippen molar-refractivity contribution in [2.24, 2.45) is 0 Å². The quantitative estimate of drug-likeness (QED) is 0.845. The van der Waals surface area contributed by atoms with Gasteiger partial charge in [-0.1, -0.05) is 0 Å². The first-order chi connectivity index (χ1) is 8.58. The Bertz CT molecular complexity index is 499. The van der Waals surface area contributed by atoms with Crippen LogP contribution >= 0.6 is 0 Å². The van der Waals surface area contributed by atoms with Gasteiger partial charge in [0.15, 0.2) is 11.6 Å². The zero-order chi connectivity index (χ0) is 13.1. The largest absolute Gasteiger partial charge is 0.489 e. The van der Waals surface area contributed by atoms with E-state index in [2.05, 4.69) is 0 Å². The number of thiol groups is 1. The van der Waals surface area contributed by atoms with Gasteiger partial charge >= 0.3 is 0 Å². The summed E-state index contributed by atoms with van der Waals surface area (Å²) in [6, 6.07) is 2.76. The van der Waals surface area contributed by atoms with Crippen LogP contribution in [-0.2, 0) is 10.9 Å². The maximum absolute atomic E-state index is 13.3. The molecular weight excluding hydrogens is 264 g/mol. The Balaban J connectivity index is 1.99. The molecule has 0 spiro atoms. The Hall–Kier alpha value is -1.21. The van der Waals surface area contributed by atoms with E-state index in [-0.39, 0.29) is 18.4 Å². The topological polar surface area (TPSA) is 46.6 Å². The molecular formula is C11H13F2NO3S. The molecule has 1 saturated heterocycles. The fourth-order valence-electron chi connectivity index (χ4n) is 1.98. The Morgan fingerprint density at radius 1 is 1.39 bits per heavy atom. The van der Waals surface area contributed by atoms with E-state index in [1.54, 1.807) is 0 Å². The molecule has 7 heteroatoms. The van der Waals surface area contributed by atoms with Crippen LogP contribution in [-0.4, -0.2) is 31.9 Å². The van der Waals surface area contributed by atoms with Crippen molar-refractivity contribution < 1.29 is 21.9 Å². The summed E-state index contributed by atoms with van der Waals surface area (Å²) in [6.45, 7) is 0.546. The highest BCUT2D eigenvalue weighted by Crippen LogP contribution is 2.21. The number of hydrogen-bond donors (Lipinski definition) is 1. The standard InChI is InChI=1S/C11H13F2NO3S/c12-8-3-4-11(10(13)6-8)17-7-9-2-1-5-14(9)18(15)16/h3-4,6,9,18H,1-2,5,7H2/t9-/m0/s1. The second-order valence-corrected chi connectivity index (χ2v) is 5.07. The summed E-state index contributed by atoms with van der Waals surface area (Å²) in [5.41, 5.74) is 0. The third-order valence-electron chi connectivity index (χ3n) is 2.88. The molecule has 1 aromatic rings. The number of nitrogens with zero attached hydrogens (tertiary/aromatic N) is 1. The highest BCUT2D eigenvalue weighted by atomic mass is 32.2. The Morgan fingerprint density at radius 3 is 2.83 bits per heavy atom. The molecule has 0 radical (unpaired) electrons. The van der Waals surface area contributed by atoms with E-state index in [9.17, 15) is 17.2 Å². The molecule has 1 aromatic carbocycles. The summed E-state index contributed by atoms with van der Waals surface area (Å²) >= 11 is 0. The van der Waals surface area contributed by atoms with E-state index in [0.717, 1.165) is 18.6 Å². The van der Waals surface area contributed by atoms with Crippen molar-refractivity contribution >= 4 is 10.9 Å². The molecule has 0 aliphatic carbocycles. The minimum absolute atomic E-state index is 0.0654. The van der Waals surface area contributed by atoms with Crippen molar-refractivity contribution in [2.75, 3.05) is 13.2 Å². The van der Waals surface area contributed by atoms with Crippen LogP contribution in [0.25, 0.3) is 0 Å². The molecule has 0 unspecified atom stereocenters. The molecule has 0 aromatic heterocycles. The Kier molecular flexibility index (Phi) is 4.13.